The fourth-order valence-corrected chi connectivity index (χ4v) is 5.44. The topological polar surface area (TPSA) is 57.7 Å². The third-order valence-electron chi connectivity index (χ3n) is 5.88. The molecule has 1 heterocycles. The van der Waals surface area contributed by atoms with E-state index in [0.717, 1.165) is 37.7 Å². The minimum Gasteiger partial charge on any atom is -0.339 e. The van der Waals surface area contributed by atoms with Gasteiger partial charge in [-0.2, -0.15) is 0 Å². The van der Waals surface area contributed by atoms with E-state index in [-0.39, 0.29) is 10.8 Å². The predicted molar refractivity (Wildman–Crippen MR) is 103 cm³/mol. The fourth-order valence-electron chi connectivity index (χ4n) is 4.10. The van der Waals surface area contributed by atoms with Gasteiger partial charge >= 0.3 is 0 Å². The third kappa shape index (κ3) is 4.88. The van der Waals surface area contributed by atoms with Crippen molar-refractivity contribution in [1.82, 2.24) is 9.80 Å². The van der Waals surface area contributed by atoms with Crippen LogP contribution in [0.5, 0.6) is 0 Å². The van der Waals surface area contributed by atoms with Crippen molar-refractivity contribution in [2.75, 3.05) is 32.7 Å². The van der Waals surface area contributed by atoms with Crippen LogP contribution in [0.15, 0.2) is 29.2 Å². The average molecular weight is 397 g/mol. The minimum absolute atomic E-state index is 0.0133. The molecular formula is C20H29FN2O3S. The van der Waals surface area contributed by atoms with Gasteiger partial charge in [0.1, 0.15) is 11.1 Å². The molecule has 27 heavy (non-hydrogen) atoms. The highest BCUT2D eigenvalue weighted by molar-refractivity contribution is 7.92. The van der Waals surface area contributed by atoms with Crippen molar-refractivity contribution >= 4 is 15.7 Å². The van der Waals surface area contributed by atoms with Gasteiger partial charge in [0.2, 0.25) is 5.91 Å². The van der Waals surface area contributed by atoms with Crippen LogP contribution in [-0.4, -0.2) is 62.1 Å². The maximum absolute atomic E-state index is 13.1. The molecule has 2 fully saturated rings. The highest BCUT2D eigenvalue weighted by Crippen LogP contribution is 2.25. The molecule has 1 aromatic rings. The first-order chi connectivity index (χ1) is 12.9. The second-order valence-corrected chi connectivity index (χ2v) is 10.0. The van der Waals surface area contributed by atoms with Gasteiger partial charge in [-0.15, -0.1) is 0 Å². The zero-order valence-electron chi connectivity index (χ0n) is 15.9. The maximum atomic E-state index is 13.1. The van der Waals surface area contributed by atoms with Crippen molar-refractivity contribution in [3.63, 3.8) is 0 Å². The Labute approximate surface area is 161 Å². The first-order valence-electron chi connectivity index (χ1n) is 9.88. The molecule has 1 amide bonds. The number of hydrogen-bond acceptors (Lipinski definition) is 4. The summed E-state index contributed by atoms with van der Waals surface area (Å²) in [6.45, 7) is 5.24. The van der Waals surface area contributed by atoms with E-state index in [1.165, 1.54) is 51.2 Å². The van der Waals surface area contributed by atoms with Crippen LogP contribution >= 0.6 is 0 Å². The van der Waals surface area contributed by atoms with Gasteiger partial charge in [0.25, 0.3) is 0 Å². The summed E-state index contributed by atoms with van der Waals surface area (Å²) in [4.78, 5) is 16.8. The number of halogens is 1. The molecule has 150 valence electrons. The number of carbonyl (C=O) groups excluding carboxylic acids is 1. The molecule has 0 radical (unpaired) electrons. The zero-order chi connectivity index (χ0) is 19.4. The number of hydrogen-bond donors (Lipinski definition) is 0. The fraction of sp³-hybridized carbons (Fsp3) is 0.650. The largest absolute Gasteiger partial charge is 0.339 e. The van der Waals surface area contributed by atoms with E-state index in [0.29, 0.717) is 13.1 Å². The molecule has 5 nitrogen and oxygen atoms in total. The van der Waals surface area contributed by atoms with Crippen LogP contribution in [0.4, 0.5) is 4.39 Å². The Balaban J connectivity index is 1.55. The summed E-state index contributed by atoms with van der Waals surface area (Å²) in [6, 6.07) is 4.65. The lowest BCUT2D eigenvalue weighted by Crippen LogP contribution is -2.52. The second-order valence-electron chi connectivity index (χ2n) is 7.77. The Morgan fingerprint density at radius 1 is 1.07 bits per heavy atom. The Hall–Kier alpha value is -1.47. The van der Waals surface area contributed by atoms with Crippen LogP contribution in [0.3, 0.4) is 0 Å². The summed E-state index contributed by atoms with van der Waals surface area (Å²) in [7, 11) is -3.81. The summed E-state index contributed by atoms with van der Waals surface area (Å²) in [5.74, 6) is -0.0996. The quantitative estimate of drug-likeness (QED) is 0.718. The molecule has 0 bridgehead atoms. The number of sulfone groups is 1. The van der Waals surface area contributed by atoms with Gasteiger partial charge in [-0.25, -0.2) is 12.8 Å². The van der Waals surface area contributed by atoms with Crippen LogP contribution in [0.2, 0.25) is 0 Å². The van der Waals surface area contributed by atoms with Crippen molar-refractivity contribution in [2.45, 2.75) is 49.2 Å². The number of benzene rings is 1. The Morgan fingerprint density at radius 2 is 1.67 bits per heavy atom. The van der Waals surface area contributed by atoms with E-state index in [4.69, 9.17) is 0 Å². The average Bonchev–Trinajstić information content (AvgIpc) is 2.68. The van der Waals surface area contributed by atoms with Gasteiger partial charge < -0.3 is 4.90 Å². The number of nitrogens with zero attached hydrogens (tertiary/aromatic N) is 2. The smallest absolute Gasteiger partial charge is 0.241 e. The third-order valence-corrected chi connectivity index (χ3v) is 7.94. The Morgan fingerprint density at radius 3 is 2.26 bits per heavy atom. The summed E-state index contributed by atoms with van der Waals surface area (Å²) in [6.07, 6.45) is 6.58. The van der Waals surface area contributed by atoms with Crippen molar-refractivity contribution in [3.8, 4) is 0 Å². The lowest BCUT2D eigenvalue weighted by molar-refractivity contribution is -0.132. The van der Waals surface area contributed by atoms with E-state index in [9.17, 15) is 17.6 Å². The maximum Gasteiger partial charge on any atom is 0.241 e. The van der Waals surface area contributed by atoms with E-state index < -0.39 is 20.9 Å². The SMILES string of the molecule is CC(C(=O)N1CCN(CC2CCCCC2)CC1)S(=O)(=O)c1ccc(F)cc1. The van der Waals surface area contributed by atoms with Crippen molar-refractivity contribution in [1.29, 1.82) is 0 Å². The number of rotatable bonds is 5. The van der Waals surface area contributed by atoms with E-state index in [1.54, 1.807) is 4.90 Å². The van der Waals surface area contributed by atoms with Gasteiger partial charge in [0, 0.05) is 32.7 Å². The summed E-state index contributed by atoms with van der Waals surface area (Å²) >= 11 is 0. The lowest BCUT2D eigenvalue weighted by Gasteiger charge is -2.38. The van der Waals surface area contributed by atoms with Gasteiger partial charge in [-0.05, 0) is 49.9 Å². The highest BCUT2D eigenvalue weighted by Gasteiger charge is 2.34. The van der Waals surface area contributed by atoms with Gasteiger partial charge in [0.15, 0.2) is 9.84 Å². The lowest BCUT2D eigenvalue weighted by atomic mass is 9.89. The Kier molecular flexibility index (Phi) is 6.52. The number of amides is 1. The highest BCUT2D eigenvalue weighted by atomic mass is 32.2. The van der Waals surface area contributed by atoms with Crippen LogP contribution in [0.1, 0.15) is 39.0 Å². The van der Waals surface area contributed by atoms with Gasteiger partial charge in [-0.1, -0.05) is 19.3 Å². The van der Waals surface area contributed by atoms with Gasteiger partial charge in [-0.3, -0.25) is 9.69 Å². The molecule has 3 rings (SSSR count). The van der Waals surface area contributed by atoms with Crippen LogP contribution in [-0.2, 0) is 14.6 Å². The molecule has 1 aromatic carbocycles. The molecule has 1 saturated carbocycles. The van der Waals surface area contributed by atoms with Gasteiger partial charge in [0.05, 0.1) is 4.90 Å². The molecule has 1 aliphatic carbocycles. The predicted octanol–water partition coefficient (Wildman–Crippen LogP) is 2.71. The monoisotopic (exact) mass is 396 g/mol. The molecule has 1 aliphatic heterocycles. The number of carbonyl (C=O) groups is 1. The van der Waals surface area contributed by atoms with Crippen LogP contribution in [0, 0.1) is 11.7 Å². The first-order valence-corrected chi connectivity index (χ1v) is 11.4. The molecule has 2 aliphatic rings. The second kappa shape index (κ2) is 8.69. The molecule has 0 spiro atoms. The molecule has 1 unspecified atom stereocenters. The molecular weight excluding hydrogens is 367 g/mol. The van der Waals surface area contributed by atoms with E-state index in [1.807, 2.05) is 0 Å². The van der Waals surface area contributed by atoms with Crippen LogP contribution in [0.25, 0.3) is 0 Å². The summed E-state index contributed by atoms with van der Waals surface area (Å²) < 4.78 is 38.4. The molecule has 7 heteroatoms. The first kappa shape index (κ1) is 20.3. The standard InChI is InChI=1S/C20H29FN2O3S/c1-16(27(25,26)19-9-7-18(21)8-10-19)20(24)23-13-11-22(12-14-23)15-17-5-3-2-4-6-17/h7-10,16-17H,2-6,11-15H2,1H3. The van der Waals surface area contributed by atoms with Crippen molar-refractivity contribution < 1.29 is 17.6 Å². The van der Waals surface area contributed by atoms with Crippen LogP contribution < -0.4 is 0 Å². The molecule has 0 aromatic heterocycles. The van der Waals surface area contributed by atoms with Crippen molar-refractivity contribution in [2.24, 2.45) is 5.92 Å². The minimum atomic E-state index is -3.81. The molecule has 1 saturated heterocycles. The van der Waals surface area contributed by atoms with E-state index >= 15 is 0 Å². The van der Waals surface area contributed by atoms with E-state index in [2.05, 4.69) is 4.90 Å². The zero-order valence-corrected chi connectivity index (χ0v) is 16.8. The number of piperazine rings is 1. The normalized spacial score (nSPS) is 21.2. The Bertz CT molecular complexity index is 737. The van der Waals surface area contributed by atoms with Crippen molar-refractivity contribution in [3.05, 3.63) is 30.1 Å². The summed E-state index contributed by atoms with van der Waals surface area (Å²) in [5.41, 5.74) is 0. The molecule has 0 N–H and O–H groups in total. The summed E-state index contributed by atoms with van der Waals surface area (Å²) in [5, 5.41) is -1.16. The molecule has 1 atom stereocenters.